The molecule has 146 valence electrons. The van der Waals surface area contributed by atoms with Gasteiger partial charge in [0.25, 0.3) is 5.91 Å². The number of benzene rings is 2. The molecule has 1 atom stereocenters. The number of carbonyl (C=O) groups excluding carboxylic acids is 1. The summed E-state index contributed by atoms with van der Waals surface area (Å²) in [6.45, 7) is 3.89. The molecule has 0 bridgehead atoms. The van der Waals surface area contributed by atoms with Gasteiger partial charge in [0.2, 0.25) is 11.7 Å². The summed E-state index contributed by atoms with van der Waals surface area (Å²) in [5, 5.41) is 3.98. The van der Waals surface area contributed by atoms with Gasteiger partial charge in [0.05, 0.1) is 13.7 Å². The number of aromatic nitrogens is 2. The smallest absolute Gasteiger partial charge is 0.263 e. The fourth-order valence-corrected chi connectivity index (χ4v) is 2.71. The van der Waals surface area contributed by atoms with Gasteiger partial charge in [0.15, 0.2) is 6.10 Å². The minimum absolute atomic E-state index is 0.175. The standard InChI is InChI=1S/C21H23N3O4/c1-14-6-5-7-18(12-14)27-15(2)21(25)24(3)13-19-22-20(23-28-19)16-8-10-17(26-4)11-9-16/h5-12,15H,13H2,1-4H3. The molecular formula is C21H23N3O4. The molecule has 7 heteroatoms. The average Bonchev–Trinajstić information content (AvgIpc) is 3.15. The molecule has 28 heavy (non-hydrogen) atoms. The molecule has 2 aromatic carbocycles. The quantitative estimate of drug-likeness (QED) is 0.624. The van der Waals surface area contributed by atoms with Crippen LogP contribution in [0.1, 0.15) is 18.4 Å². The van der Waals surface area contributed by atoms with Gasteiger partial charge in [-0.15, -0.1) is 0 Å². The molecule has 3 rings (SSSR count). The summed E-state index contributed by atoms with van der Waals surface area (Å²) in [4.78, 5) is 18.4. The predicted molar refractivity (Wildman–Crippen MR) is 104 cm³/mol. The second-order valence-electron chi connectivity index (χ2n) is 6.51. The van der Waals surface area contributed by atoms with Crippen molar-refractivity contribution >= 4 is 5.91 Å². The third-order valence-electron chi connectivity index (χ3n) is 4.22. The van der Waals surface area contributed by atoms with Crippen molar-refractivity contribution in [2.24, 2.45) is 0 Å². The van der Waals surface area contributed by atoms with Crippen molar-refractivity contribution in [3.8, 4) is 22.9 Å². The SMILES string of the molecule is COc1ccc(-c2noc(CN(C)C(=O)C(C)Oc3cccc(C)c3)n2)cc1. The van der Waals surface area contributed by atoms with E-state index in [2.05, 4.69) is 10.1 Å². The van der Waals surface area contributed by atoms with Gasteiger partial charge in [-0.1, -0.05) is 17.3 Å². The fraction of sp³-hybridized carbons (Fsp3) is 0.286. The molecule has 0 spiro atoms. The van der Waals surface area contributed by atoms with Crippen LogP contribution in [0, 0.1) is 6.92 Å². The molecule has 3 aromatic rings. The van der Waals surface area contributed by atoms with Crippen LogP contribution in [-0.2, 0) is 11.3 Å². The highest BCUT2D eigenvalue weighted by Gasteiger charge is 2.21. The van der Waals surface area contributed by atoms with Gasteiger partial charge in [-0.25, -0.2) is 0 Å². The summed E-state index contributed by atoms with van der Waals surface area (Å²) in [6.07, 6.45) is -0.629. The Balaban J connectivity index is 1.61. The minimum atomic E-state index is -0.629. The molecular weight excluding hydrogens is 358 g/mol. The van der Waals surface area contributed by atoms with Gasteiger partial charge in [-0.3, -0.25) is 4.79 Å². The fourth-order valence-electron chi connectivity index (χ4n) is 2.71. The molecule has 0 N–H and O–H groups in total. The summed E-state index contributed by atoms with van der Waals surface area (Å²) >= 11 is 0. The third kappa shape index (κ3) is 4.68. The zero-order valence-corrected chi connectivity index (χ0v) is 16.4. The molecule has 0 radical (unpaired) electrons. The maximum absolute atomic E-state index is 12.6. The summed E-state index contributed by atoms with van der Waals surface area (Å²) in [6, 6.07) is 14.9. The van der Waals surface area contributed by atoms with Crippen molar-refractivity contribution in [2.75, 3.05) is 14.2 Å². The van der Waals surface area contributed by atoms with Crippen LogP contribution in [0.3, 0.4) is 0 Å². The van der Waals surface area contributed by atoms with Crippen LogP contribution in [0.15, 0.2) is 53.1 Å². The van der Waals surface area contributed by atoms with Crippen molar-refractivity contribution < 1.29 is 18.8 Å². The molecule has 1 heterocycles. The Morgan fingerprint density at radius 1 is 1.18 bits per heavy atom. The van der Waals surface area contributed by atoms with E-state index in [4.69, 9.17) is 14.0 Å². The summed E-state index contributed by atoms with van der Waals surface area (Å²) in [7, 11) is 3.29. The van der Waals surface area contributed by atoms with Crippen LogP contribution in [0.25, 0.3) is 11.4 Å². The van der Waals surface area contributed by atoms with Crippen molar-refractivity contribution in [3.05, 3.63) is 60.0 Å². The second-order valence-corrected chi connectivity index (χ2v) is 6.51. The molecule has 0 aliphatic carbocycles. The number of nitrogens with zero attached hydrogens (tertiary/aromatic N) is 3. The maximum Gasteiger partial charge on any atom is 0.263 e. The van der Waals surface area contributed by atoms with Gasteiger partial charge in [-0.05, 0) is 55.8 Å². The number of carbonyl (C=O) groups is 1. The van der Waals surface area contributed by atoms with Gasteiger partial charge >= 0.3 is 0 Å². The zero-order chi connectivity index (χ0) is 20.1. The Labute approximate surface area is 163 Å². The first-order valence-electron chi connectivity index (χ1n) is 8.91. The van der Waals surface area contributed by atoms with E-state index in [-0.39, 0.29) is 12.5 Å². The lowest BCUT2D eigenvalue weighted by Crippen LogP contribution is -2.37. The van der Waals surface area contributed by atoms with Crippen LogP contribution in [0.5, 0.6) is 11.5 Å². The molecule has 0 aliphatic heterocycles. The molecule has 1 unspecified atom stereocenters. The topological polar surface area (TPSA) is 77.7 Å². The molecule has 0 saturated carbocycles. The first-order chi connectivity index (χ1) is 13.5. The van der Waals surface area contributed by atoms with E-state index in [1.54, 1.807) is 21.1 Å². The van der Waals surface area contributed by atoms with Crippen LogP contribution < -0.4 is 9.47 Å². The van der Waals surface area contributed by atoms with Crippen LogP contribution in [0.4, 0.5) is 0 Å². The van der Waals surface area contributed by atoms with E-state index >= 15 is 0 Å². The summed E-state index contributed by atoms with van der Waals surface area (Å²) in [5.41, 5.74) is 1.88. The van der Waals surface area contributed by atoms with Gasteiger partial charge in [-0.2, -0.15) is 4.98 Å². The van der Waals surface area contributed by atoms with Crippen LogP contribution in [-0.4, -0.2) is 41.2 Å². The lowest BCUT2D eigenvalue weighted by molar-refractivity contribution is -0.137. The normalized spacial score (nSPS) is 11.7. The highest BCUT2D eigenvalue weighted by Crippen LogP contribution is 2.20. The van der Waals surface area contributed by atoms with E-state index in [0.717, 1.165) is 16.9 Å². The number of ether oxygens (including phenoxy) is 2. The van der Waals surface area contributed by atoms with E-state index in [0.29, 0.717) is 17.5 Å². The molecule has 7 nitrogen and oxygen atoms in total. The van der Waals surface area contributed by atoms with Crippen LogP contribution in [0.2, 0.25) is 0 Å². The number of amides is 1. The Morgan fingerprint density at radius 3 is 2.61 bits per heavy atom. The Kier molecular flexibility index (Phi) is 5.93. The molecule has 0 aliphatic rings. The van der Waals surface area contributed by atoms with Crippen molar-refractivity contribution in [3.63, 3.8) is 0 Å². The monoisotopic (exact) mass is 381 g/mol. The lowest BCUT2D eigenvalue weighted by atomic mass is 10.2. The van der Waals surface area contributed by atoms with Gasteiger partial charge in [0, 0.05) is 12.6 Å². The third-order valence-corrected chi connectivity index (χ3v) is 4.22. The highest BCUT2D eigenvalue weighted by molar-refractivity contribution is 5.80. The van der Waals surface area contributed by atoms with Gasteiger partial charge in [0.1, 0.15) is 11.5 Å². The van der Waals surface area contributed by atoms with Gasteiger partial charge < -0.3 is 18.9 Å². The summed E-state index contributed by atoms with van der Waals surface area (Å²) < 4.78 is 16.2. The predicted octanol–water partition coefficient (Wildman–Crippen LogP) is 3.48. The number of aryl methyl sites for hydroxylation is 1. The Hall–Kier alpha value is -3.35. The first kappa shape index (κ1) is 19.4. The van der Waals surface area contributed by atoms with Crippen LogP contribution >= 0.6 is 0 Å². The Morgan fingerprint density at radius 2 is 1.93 bits per heavy atom. The number of likely N-dealkylation sites (N-methyl/N-ethyl adjacent to an activating group) is 1. The van der Waals surface area contributed by atoms with E-state index < -0.39 is 6.10 Å². The first-order valence-corrected chi connectivity index (χ1v) is 8.91. The largest absolute Gasteiger partial charge is 0.497 e. The second kappa shape index (κ2) is 8.56. The lowest BCUT2D eigenvalue weighted by Gasteiger charge is -2.20. The molecule has 0 fully saturated rings. The molecule has 1 amide bonds. The van der Waals surface area contributed by atoms with Crippen molar-refractivity contribution in [1.29, 1.82) is 0 Å². The van der Waals surface area contributed by atoms with E-state index in [1.165, 1.54) is 4.90 Å². The molecule has 1 aromatic heterocycles. The highest BCUT2D eigenvalue weighted by atomic mass is 16.5. The zero-order valence-electron chi connectivity index (χ0n) is 16.4. The van der Waals surface area contributed by atoms with Crippen molar-refractivity contribution in [2.45, 2.75) is 26.5 Å². The minimum Gasteiger partial charge on any atom is -0.497 e. The van der Waals surface area contributed by atoms with Crippen molar-refractivity contribution in [1.82, 2.24) is 15.0 Å². The number of rotatable bonds is 7. The summed E-state index contributed by atoms with van der Waals surface area (Å²) in [5.74, 6) is 2.05. The van der Waals surface area contributed by atoms with E-state index in [1.807, 2.05) is 55.5 Å². The number of hydrogen-bond donors (Lipinski definition) is 0. The number of methoxy groups -OCH3 is 1. The number of hydrogen-bond acceptors (Lipinski definition) is 6. The maximum atomic E-state index is 12.6. The van der Waals surface area contributed by atoms with E-state index in [9.17, 15) is 4.79 Å². The Bertz CT molecular complexity index is 937. The average molecular weight is 381 g/mol. The molecule has 0 saturated heterocycles.